The number of piperidine rings is 1. The van der Waals surface area contributed by atoms with Crippen LogP contribution >= 0.6 is 0 Å². The smallest absolute Gasteiger partial charge is 0.119 e. The topological polar surface area (TPSA) is 12.5 Å². The number of hydrogen-bond acceptors (Lipinski definition) is 2. The molecular formula is C22H29NO. The highest BCUT2D eigenvalue weighted by atomic mass is 16.5. The van der Waals surface area contributed by atoms with Crippen LogP contribution in [0.2, 0.25) is 0 Å². The second-order valence-electron chi connectivity index (χ2n) is 7.07. The van der Waals surface area contributed by atoms with Crippen LogP contribution in [0, 0.1) is 6.92 Å². The predicted molar refractivity (Wildman–Crippen MR) is 99.9 cm³/mol. The molecule has 3 rings (SSSR count). The Morgan fingerprint density at radius 1 is 1.00 bits per heavy atom. The fraction of sp³-hybridized carbons (Fsp3) is 0.455. The maximum atomic E-state index is 6.41. The molecule has 1 fully saturated rings. The zero-order valence-corrected chi connectivity index (χ0v) is 15.0. The molecule has 2 heteroatoms. The molecule has 0 radical (unpaired) electrons. The van der Waals surface area contributed by atoms with Crippen molar-refractivity contribution in [3.8, 4) is 0 Å². The summed E-state index contributed by atoms with van der Waals surface area (Å²) >= 11 is 0. The zero-order valence-electron chi connectivity index (χ0n) is 15.0. The van der Waals surface area contributed by atoms with Crippen molar-refractivity contribution < 1.29 is 4.74 Å². The highest BCUT2D eigenvalue weighted by molar-refractivity contribution is 5.25. The molecule has 1 aliphatic heterocycles. The quantitative estimate of drug-likeness (QED) is 0.745. The van der Waals surface area contributed by atoms with E-state index in [4.69, 9.17) is 4.74 Å². The van der Waals surface area contributed by atoms with Gasteiger partial charge in [0.2, 0.25) is 0 Å². The van der Waals surface area contributed by atoms with Gasteiger partial charge in [-0.2, -0.15) is 0 Å². The van der Waals surface area contributed by atoms with Crippen molar-refractivity contribution in [2.24, 2.45) is 0 Å². The molecule has 0 spiro atoms. The van der Waals surface area contributed by atoms with E-state index in [0.29, 0.717) is 6.61 Å². The third-order valence-electron chi connectivity index (χ3n) is 5.29. The molecule has 0 amide bonds. The van der Waals surface area contributed by atoms with Crippen molar-refractivity contribution in [2.45, 2.75) is 51.9 Å². The lowest BCUT2D eigenvalue weighted by molar-refractivity contribution is -0.170. The van der Waals surface area contributed by atoms with Crippen molar-refractivity contribution in [1.29, 1.82) is 0 Å². The summed E-state index contributed by atoms with van der Waals surface area (Å²) in [6.07, 6.45) is 4.74. The van der Waals surface area contributed by atoms with Gasteiger partial charge < -0.3 is 4.74 Å². The van der Waals surface area contributed by atoms with Crippen LogP contribution in [0.25, 0.3) is 0 Å². The Labute approximate surface area is 146 Å². The van der Waals surface area contributed by atoms with E-state index in [1.165, 1.54) is 29.5 Å². The van der Waals surface area contributed by atoms with Gasteiger partial charge in [0.05, 0.1) is 6.61 Å². The average molecular weight is 323 g/mol. The molecule has 128 valence electrons. The first-order valence-electron chi connectivity index (χ1n) is 9.15. The molecule has 0 bridgehead atoms. The highest BCUT2D eigenvalue weighted by Gasteiger charge is 2.34. The van der Waals surface area contributed by atoms with E-state index in [2.05, 4.69) is 73.3 Å². The molecule has 0 saturated carbocycles. The van der Waals surface area contributed by atoms with Gasteiger partial charge >= 0.3 is 0 Å². The minimum atomic E-state index is -0.142. The van der Waals surface area contributed by atoms with Crippen molar-refractivity contribution in [3.63, 3.8) is 0 Å². The lowest BCUT2D eigenvalue weighted by atomic mass is 9.98. The van der Waals surface area contributed by atoms with Gasteiger partial charge in [-0.05, 0) is 56.2 Å². The third-order valence-corrected chi connectivity index (χ3v) is 5.29. The van der Waals surface area contributed by atoms with Gasteiger partial charge in [0.15, 0.2) is 0 Å². The first-order valence-corrected chi connectivity index (χ1v) is 9.15. The van der Waals surface area contributed by atoms with E-state index in [9.17, 15) is 0 Å². The fourth-order valence-corrected chi connectivity index (χ4v) is 3.62. The standard InChI is InChI=1S/C22H29NO/c1-19-10-6-7-13-21(19)14-17-23-16-9-8-15-22(23,2)24-18-20-11-4-3-5-12-20/h3-7,10-13H,8-9,14-18H2,1-2H3. The summed E-state index contributed by atoms with van der Waals surface area (Å²) in [5.74, 6) is 0. The Hall–Kier alpha value is -1.64. The number of likely N-dealkylation sites (tertiary alicyclic amines) is 1. The third kappa shape index (κ3) is 4.25. The van der Waals surface area contributed by atoms with Crippen LogP contribution in [0.5, 0.6) is 0 Å². The summed E-state index contributed by atoms with van der Waals surface area (Å²) in [5, 5.41) is 0. The molecule has 2 aromatic carbocycles. The second-order valence-corrected chi connectivity index (χ2v) is 7.07. The number of hydrogen-bond donors (Lipinski definition) is 0. The number of aryl methyl sites for hydroxylation is 1. The molecule has 1 heterocycles. The first kappa shape index (κ1) is 17.2. The molecule has 1 unspecified atom stereocenters. The molecule has 1 saturated heterocycles. The van der Waals surface area contributed by atoms with Crippen LogP contribution in [0.3, 0.4) is 0 Å². The zero-order chi connectivity index (χ0) is 16.8. The average Bonchev–Trinajstić information content (AvgIpc) is 2.62. The minimum Gasteiger partial charge on any atom is -0.356 e. The van der Waals surface area contributed by atoms with Crippen LogP contribution in [-0.2, 0) is 17.8 Å². The Morgan fingerprint density at radius 3 is 2.54 bits per heavy atom. The highest BCUT2D eigenvalue weighted by Crippen LogP contribution is 2.30. The van der Waals surface area contributed by atoms with Crippen LogP contribution < -0.4 is 0 Å². The molecule has 24 heavy (non-hydrogen) atoms. The van der Waals surface area contributed by atoms with E-state index in [0.717, 1.165) is 25.9 Å². The molecule has 0 aliphatic carbocycles. The van der Waals surface area contributed by atoms with Crippen LogP contribution in [0.15, 0.2) is 54.6 Å². The molecule has 0 N–H and O–H groups in total. The lowest BCUT2D eigenvalue weighted by Crippen LogP contribution is -2.52. The van der Waals surface area contributed by atoms with Gasteiger partial charge in [-0.1, -0.05) is 54.6 Å². The van der Waals surface area contributed by atoms with Crippen molar-refractivity contribution >= 4 is 0 Å². The Bertz CT molecular complexity index is 639. The monoisotopic (exact) mass is 323 g/mol. The van der Waals surface area contributed by atoms with Gasteiger partial charge in [-0.25, -0.2) is 0 Å². The first-order chi connectivity index (χ1) is 11.7. The number of nitrogens with zero attached hydrogens (tertiary/aromatic N) is 1. The summed E-state index contributed by atoms with van der Waals surface area (Å²) in [6, 6.07) is 19.2. The Morgan fingerprint density at radius 2 is 1.75 bits per heavy atom. The van der Waals surface area contributed by atoms with Crippen LogP contribution in [0.4, 0.5) is 0 Å². The van der Waals surface area contributed by atoms with Crippen molar-refractivity contribution in [3.05, 3.63) is 71.3 Å². The van der Waals surface area contributed by atoms with Gasteiger partial charge in [0.1, 0.15) is 5.72 Å². The van der Waals surface area contributed by atoms with E-state index in [1.807, 2.05) is 0 Å². The number of benzene rings is 2. The maximum Gasteiger partial charge on any atom is 0.119 e. The summed E-state index contributed by atoms with van der Waals surface area (Å²) in [7, 11) is 0. The van der Waals surface area contributed by atoms with E-state index in [-0.39, 0.29) is 5.72 Å². The normalized spacial score (nSPS) is 21.8. The summed E-state index contributed by atoms with van der Waals surface area (Å²) in [6.45, 7) is 7.37. The van der Waals surface area contributed by atoms with Gasteiger partial charge in [-0.3, -0.25) is 4.90 Å². The Balaban J connectivity index is 1.62. The molecule has 1 aliphatic rings. The van der Waals surface area contributed by atoms with E-state index >= 15 is 0 Å². The lowest BCUT2D eigenvalue weighted by Gasteiger charge is -2.44. The molecule has 1 atom stereocenters. The van der Waals surface area contributed by atoms with Crippen LogP contribution in [0.1, 0.15) is 42.9 Å². The summed E-state index contributed by atoms with van der Waals surface area (Å²) in [4.78, 5) is 2.55. The maximum absolute atomic E-state index is 6.41. The predicted octanol–water partition coefficient (Wildman–Crippen LogP) is 4.96. The van der Waals surface area contributed by atoms with Gasteiger partial charge in [0.25, 0.3) is 0 Å². The minimum absolute atomic E-state index is 0.142. The Kier molecular flexibility index (Phi) is 5.70. The number of rotatable bonds is 6. The SMILES string of the molecule is Cc1ccccc1CCN1CCCCC1(C)OCc1ccccc1. The second kappa shape index (κ2) is 7.96. The van der Waals surface area contributed by atoms with E-state index in [1.54, 1.807) is 0 Å². The molecule has 2 aromatic rings. The van der Waals surface area contributed by atoms with Crippen molar-refractivity contribution in [1.82, 2.24) is 4.90 Å². The van der Waals surface area contributed by atoms with Crippen molar-refractivity contribution in [2.75, 3.05) is 13.1 Å². The molecule has 0 aromatic heterocycles. The van der Waals surface area contributed by atoms with Gasteiger partial charge in [-0.15, -0.1) is 0 Å². The molecule has 2 nitrogen and oxygen atoms in total. The van der Waals surface area contributed by atoms with Crippen LogP contribution in [-0.4, -0.2) is 23.7 Å². The number of ether oxygens (including phenoxy) is 1. The molecular weight excluding hydrogens is 294 g/mol. The summed E-state index contributed by atoms with van der Waals surface area (Å²) < 4.78 is 6.41. The van der Waals surface area contributed by atoms with Gasteiger partial charge in [0, 0.05) is 13.1 Å². The van der Waals surface area contributed by atoms with E-state index < -0.39 is 0 Å². The summed E-state index contributed by atoms with van der Waals surface area (Å²) in [5.41, 5.74) is 3.95. The largest absolute Gasteiger partial charge is 0.356 e. The fourth-order valence-electron chi connectivity index (χ4n) is 3.62.